The lowest BCUT2D eigenvalue weighted by atomic mass is 10.2. The molecule has 0 amide bonds. The standard InChI is InChI=1S/C7H12N/c1-2-8-6-4-3-5-7-8/h3-4H,1-2,5-7H2. The molecule has 8 heavy (non-hydrogen) atoms. The van der Waals surface area contributed by atoms with E-state index in [1.165, 1.54) is 13.0 Å². The van der Waals surface area contributed by atoms with Crippen LogP contribution in [0, 0.1) is 6.92 Å². The van der Waals surface area contributed by atoms with Crippen molar-refractivity contribution in [3.05, 3.63) is 19.1 Å². The van der Waals surface area contributed by atoms with Gasteiger partial charge in [-0.1, -0.05) is 12.2 Å². The molecule has 0 aromatic rings. The third kappa shape index (κ3) is 1.34. The topological polar surface area (TPSA) is 3.24 Å². The number of hydrogen-bond donors (Lipinski definition) is 0. The lowest BCUT2D eigenvalue weighted by Crippen LogP contribution is -2.26. The van der Waals surface area contributed by atoms with Gasteiger partial charge in [0, 0.05) is 13.1 Å². The molecule has 0 N–H and O–H groups in total. The molecule has 1 heterocycles. The van der Waals surface area contributed by atoms with Crippen LogP contribution in [0.5, 0.6) is 0 Å². The second-order valence-corrected chi connectivity index (χ2v) is 2.06. The van der Waals surface area contributed by atoms with Crippen LogP contribution in [0.2, 0.25) is 0 Å². The second kappa shape index (κ2) is 2.88. The fourth-order valence-electron chi connectivity index (χ4n) is 0.893. The highest BCUT2D eigenvalue weighted by molar-refractivity contribution is 4.90. The van der Waals surface area contributed by atoms with Crippen LogP contribution >= 0.6 is 0 Å². The number of hydrogen-bond acceptors (Lipinski definition) is 1. The summed E-state index contributed by atoms with van der Waals surface area (Å²) < 4.78 is 0. The Kier molecular flexibility index (Phi) is 2.10. The van der Waals surface area contributed by atoms with Gasteiger partial charge in [0.1, 0.15) is 0 Å². The summed E-state index contributed by atoms with van der Waals surface area (Å²) in [6, 6.07) is 0. The van der Waals surface area contributed by atoms with Gasteiger partial charge in [-0.3, -0.25) is 4.90 Å². The van der Waals surface area contributed by atoms with Gasteiger partial charge in [-0.25, -0.2) is 0 Å². The predicted octanol–water partition coefficient (Wildman–Crippen LogP) is 1.08. The van der Waals surface area contributed by atoms with Gasteiger partial charge in [0.05, 0.1) is 0 Å². The summed E-state index contributed by atoms with van der Waals surface area (Å²) >= 11 is 0. The van der Waals surface area contributed by atoms with Crippen LogP contribution < -0.4 is 0 Å². The molecule has 0 saturated carbocycles. The summed E-state index contributed by atoms with van der Waals surface area (Å²) in [5, 5.41) is 0. The van der Waals surface area contributed by atoms with E-state index in [0.717, 1.165) is 13.1 Å². The summed E-state index contributed by atoms with van der Waals surface area (Å²) in [7, 11) is 0. The summed E-state index contributed by atoms with van der Waals surface area (Å²) in [5.74, 6) is 0. The van der Waals surface area contributed by atoms with E-state index in [0.29, 0.717) is 0 Å². The first-order valence-electron chi connectivity index (χ1n) is 3.10. The average molecular weight is 110 g/mol. The molecular formula is C7H12N. The molecule has 0 unspecified atom stereocenters. The molecule has 0 bridgehead atoms. The van der Waals surface area contributed by atoms with E-state index < -0.39 is 0 Å². The maximum atomic E-state index is 3.80. The van der Waals surface area contributed by atoms with Gasteiger partial charge in [0.15, 0.2) is 0 Å². The molecule has 0 spiro atoms. The van der Waals surface area contributed by atoms with Crippen molar-refractivity contribution >= 4 is 0 Å². The largest absolute Gasteiger partial charge is 0.299 e. The lowest BCUT2D eigenvalue weighted by molar-refractivity contribution is 0.329. The van der Waals surface area contributed by atoms with Crippen LogP contribution in [0.4, 0.5) is 0 Å². The van der Waals surface area contributed by atoms with Gasteiger partial charge < -0.3 is 0 Å². The molecule has 0 atom stereocenters. The molecule has 1 aliphatic rings. The molecule has 0 aromatic heterocycles. The summed E-state index contributed by atoms with van der Waals surface area (Å²) in [4.78, 5) is 2.32. The Labute approximate surface area is 51.0 Å². The van der Waals surface area contributed by atoms with Crippen molar-refractivity contribution < 1.29 is 0 Å². The van der Waals surface area contributed by atoms with Gasteiger partial charge in [0.2, 0.25) is 0 Å². The summed E-state index contributed by atoms with van der Waals surface area (Å²) in [6.45, 7) is 7.05. The van der Waals surface area contributed by atoms with Crippen molar-refractivity contribution in [2.75, 3.05) is 19.6 Å². The quantitative estimate of drug-likeness (QED) is 0.456. The molecule has 0 aromatic carbocycles. The maximum absolute atomic E-state index is 3.80. The molecule has 1 aliphatic heterocycles. The Morgan fingerprint density at radius 1 is 1.50 bits per heavy atom. The fraction of sp³-hybridized carbons (Fsp3) is 0.571. The van der Waals surface area contributed by atoms with Crippen LogP contribution in [0.3, 0.4) is 0 Å². The third-order valence-corrected chi connectivity index (χ3v) is 1.46. The molecule has 1 heteroatoms. The molecule has 1 nitrogen and oxygen atoms in total. The summed E-state index contributed by atoms with van der Waals surface area (Å²) in [5.41, 5.74) is 0. The van der Waals surface area contributed by atoms with Crippen LogP contribution in [0.15, 0.2) is 12.2 Å². The van der Waals surface area contributed by atoms with Crippen molar-refractivity contribution in [3.8, 4) is 0 Å². The van der Waals surface area contributed by atoms with Gasteiger partial charge in [-0.15, -0.1) is 0 Å². The average Bonchev–Trinajstić information content (AvgIpc) is 1.90. The van der Waals surface area contributed by atoms with Crippen molar-refractivity contribution in [1.29, 1.82) is 0 Å². The zero-order valence-electron chi connectivity index (χ0n) is 5.14. The van der Waals surface area contributed by atoms with Gasteiger partial charge in [-0.05, 0) is 19.9 Å². The zero-order chi connectivity index (χ0) is 5.82. The van der Waals surface area contributed by atoms with Crippen LogP contribution in [0.25, 0.3) is 0 Å². The van der Waals surface area contributed by atoms with E-state index in [2.05, 4.69) is 24.0 Å². The minimum atomic E-state index is 0.949. The Balaban J connectivity index is 2.27. The Hall–Kier alpha value is -0.300. The number of nitrogens with zero attached hydrogens (tertiary/aromatic N) is 1. The predicted molar refractivity (Wildman–Crippen MR) is 35.6 cm³/mol. The van der Waals surface area contributed by atoms with E-state index in [-0.39, 0.29) is 0 Å². The first kappa shape index (κ1) is 5.83. The minimum absolute atomic E-state index is 0.949. The van der Waals surface area contributed by atoms with Crippen LogP contribution in [0.1, 0.15) is 6.42 Å². The van der Waals surface area contributed by atoms with Crippen molar-refractivity contribution in [3.63, 3.8) is 0 Å². The smallest absolute Gasteiger partial charge is 0.0163 e. The highest BCUT2D eigenvalue weighted by Crippen LogP contribution is 1.98. The van der Waals surface area contributed by atoms with Crippen LogP contribution in [-0.4, -0.2) is 24.5 Å². The first-order chi connectivity index (χ1) is 3.93. The second-order valence-electron chi connectivity index (χ2n) is 2.06. The van der Waals surface area contributed by atoms with E-state index in [1.54, 1.807) is 0 Å². The van der Waals surface area contributed by atoms with Crippen LogP contribution in [-0.2, 0) is 0 Å². The van der Waals surface area contributed by atoms with Crippen molar-refractivity contribution in [2.45, 2.75) is 6.42 Å². The highest BCUT2D eigenvalue weighted by atomic mass is 15.1. The Morgan fingerprint density at radius 3 is 2.75 bits per heavy atom. The molecule has 45 valence electrons. The van der Waals surface area contributed by atoms with E-state index in [9.17, 15) is 0 Å². The van der Waals surface area contributed by atoms with Gasteiger partial charge in [-0.2, -0.15) is 0 Å². The molecule has 0 saturated heterocycles. The van der Waals surface area contributed by atoms with E-state index in [1.807, 2.05) is 0 Å². The Bertz CT molecular complexity index is 86.4. The molecule has 1 radical (unpaired) electrons. The normalized spacial score (nSPS) is 21.6. The maximum Gasteiger partial charge on any atom is 0.0163 e. The van der Waals surface area contributed by atoms with Gasteiger partial charge >= 0.3 is 0 Å². The molecule has 0 aliphatic carbocycles. The monoisotopic (exact) mass is 110 g/mol. The SMILES string of the molecule is [CH2]CN1CC=CCC1. The van der Waals surface area contributed by atoms with Crippen molar-refractivity contribution in [1.82, 2.24) is 4.90 Å². The minimum Gasteiger partial charge on any atom is -0.299 e. The highest BCUT2D eigenvalue weighted by Gasteiger charge is 2.00. The van der Waals surface area contributed by atoms with E-state index in [4.69, 9.17) is 0 Å². The van der Waals surface area contributed by atoms with Crippen molar-refractivity contribution in [2.24, 2.45) is 0 Å². The third-order valence-electron chi connectivity index (χ3n) is 1.46. The van der Waals surface area contributed by atoms with Gasteiger partial charge in [0.25, 0.3) is 0 Å². The fourth-order valence-corrected chi connectivity index (χ4v) is 0.893. The lowest BCUT2D eigenvalue weighted by Gasteiger charge is -2.19. The molecular weight excluding hydrogens is 98.1 g/mol. The molecule has 0 fully saturated rings. The van der Waals surface area contributed by atoms with E-state index >= 15 is 0 Å². The zero-order valence-corrected chi connectivity index (χ0v) is 5.14. The first-order valence-corrected chi connectivity index (χ1v) is 3.10. The summed E-state index contributed by atoms with van der Waals surface area (Å²) in [6.07, 6.45) is 5.64. The Morgan fingerprint density at radius 2 is 2.38 bits per heavy atom. The molecule has 1 rings (SSSR count). The number of rotatable bonds is 1.